The Morgan fingerprint density at radius 1 is 1.35 bits per heavy atom. The fraction of sp³-hybridized carbons (Fsp3) is 0.385. The molecule has 3 nitrogen and oxygen atoms in total. The Balaban J connectivity index is 2.36. The third-order valence-electron chi connectivity index (χ3n) is 3.03. The van der Waals surface area contributed by atoms with Crippen LogP contribution in [0.3, 0.4) is 0 Å². The highest BCUT2D eigenvalue weighted by Gasteiger charge is 2.09. The maximum absolute atomic E-state index is 5.24. The minimum absolute atomic E-state index is 0.468. The van der Waals surface area contributed by atoms with Gasteiger partial charge < -0.3 is 14.2 Å². The van der Waals surface area contributed by atoms with Gasteiger partial charge in [-0.2, -0.15) is 0 Å². The highest BCUT2D eigenvalue weighted by atomic mass is 16.5. The molecule has 1 unspecified atom stereocenters. The topological polar surface area (TPSA) is 17.4 Å². The van der Waals surface area contributed by atoms with Gasteiger partial charge >= 0.3 is 0 Å². The van der Waals surface area contributed by atoms with E-state index < -0.39 is 0 Å². The Morgan fingerprint density at radius 3 is 2.76 bits per heavy atom. The molecule has 1 heterocycles. The number of ether oxygens (including phenoxy) is 1. The summed E-state index contributed by atoms with van der Waals surface area (Å²) in [5, 5.41) is 1.23. The number of hydrogen-bond acceptors (Lipinski definition) is 2. The van der Waals surface area contributed by atoms with Crippen molar-refractivity contribution in [2.45, 2.75) is 5.94 Å². The van der Waals surface area contributed by atoms with E-state index in [1.807, 2.05) is 6.07 Å². The van der Waals surface area contributed by atoms with Crippen molar-refractivity contribution >= 4 is 18.7 Å². The van der Waals surface area contributed by atoms with E-state index in [0.29, 0.717) is 5.94 Å². The lowest BCUT2D eigenvalue weighted by molar-refractivity contribution is 0.377. The van der Waals surface area contributed by atoms with Gasteiger partial charge in [0.2, 0.25) is 0 Å². The van der Waals surface area contributed by atoms with Crippen molar-refractivity contribution in [1.29, 1.82) is 0 Å². The number of methoxy groups -OCH3 is 1. The van der Waals surface area contributed by atoms with Crippen LogP contribution in [0.2, 0.25) is 0 Å². The van der Waals surface area contributed by atoms with Crippen LogP contribution in [0.1, 0.15) is 5.94 Å². The first-order valence-corrected chi connectivity index (χ1v) is 5.91. The number of benzene rings is 1. The van der Waals surface area contributed by atoms with E-state index in [2.05, 4.69) is 55.8 Å². The van der Waals surface area contributed by atoms with Gasteiger partial charge in [-0.05, 0) is 38.4 Å². The van der Waals surface area contributed by atoms with Crippen LogP contribution < -0.4 is 4.74 Å². The van der Waals surface area contributed by atoms with Crippen LogP contribution >= 0.6 is 0 Å². The third kappa shape index (κ3) is 2.47. The highest BCUT2D eigenvalue weighted by Crippen LogP contribution is 2.23. The second kappa shape index (κ2) is 4.84. The van der Waals surface area contributed by atoms with Crippen molar-refractivity contribution in [3.8, 4) is 5.75 Å². The summed E-state index contributed by atoms with van der Waals surface area (Å²) >= 11 is 0. The maximum Gasteiger partial charge on any atom is 0.133 e. The van der Waals surface area contributed by atoms with Gasteiger partial charge in [-0.25, -0.2) is 0 Å². The number of likely N-dealkylation sites (N-methyl/N-ethyl adjacent to an activating group) is 1. The van der Waals surface area contributed by atoms with Crippen LogP contribution in [0.4, 0.5) is 0 Å². The molecule has 0 N–H and O–H groups in total. The van der Waals surface area contributed by atoms with Crippen molar-refractivity contribution in [2.24, 2.45) is 0 Å². The van der Waals surface area contributed by atoms with E-state index in [9.17, 15) is 0 Å². The molecule has 0 amide bonds. The molecule has 90 valence electrons. The lowest BCUT2D eigenvalue weighted by Crippen LogP contribution is -2.24. The summed E-state index contributed by atoms with van der Waals surface area (Å²) < 4.78 is 7.55. The monoisotopic (exact) mass is 230 g/mol. The predicted molar refractivity (Wildman–Crippen MR) is 74.6 cm³/mol. The number of hydrogen-bond donors (Lipinski definition) is 0. The van der Waals surface area contributed by atoms with Crippen LogP contribution in [0.15, 0.2) is 30.5 Å². The second-order valence-corrected chi connectivity index (χ2v) is 4.76. The Kier molecular flexibility index (Phi) is 3.43. The first-order chi connectivity index (χ1) is 8.11. The van der Waals surface area contributed by atoms with Crippen molar-refractivity contribution in [1.82, 2.24) is 9.47 Å². The average Bonchev–Trinajstić information content (AvgIpc) is 2.70. The van der Waals surface area contributed by atoms with Crippen LogP contribution in [0.5, 0.6) is 5.75 Å². The summed E-state index contributed by atoms with van der Waals surface area (Å²) in [6.07, 6.45) is 2.15. The Morgan fingerprint density at radius 2 is 2.12 bits per heavy atom. The first-order valence-electron chi connectivity index (χ1n) is 5.91. The van der Waals surface area contributed by atoms with E-state index >= 15 is 0 Å². The van der Waals surface area contributed by atoms with Gasteiger partial charge in [0.25, 0.3) is 0 Å². The lowest BCUT2D eigenvalue weighted by Gasteiger charge is -2.19. The van der Waals surface area contributed by atoms with Gasteiger partial charge in [0.05, 0.1) is 7.11 Å². The molecule has 1 atom stereocenters. The fourth-order valence-electron chi connectivity index (χ4n) is 2.27. The summed E-state index contributed by atoms with van der Waals surface area (Å²) in [4.78, 5) is 2.21. The van der Waals surface area contributed by atoms with Gasteiger partial charge in [-0.15, -0.1) is 0 Å². The highest BCUT2D eigenvalue weighted by molar-refractivity contribution is 6.11. The molecule has 2 rings (SSSR count). The fourth-order valence-corrected chi connectivity index (χ4v) is 2.27. The van der Waals surface area contributed by atoms with Crippen LogP contribution in [-0.2, 0) is 0 Å². The molecular formula is C13H19BN2O. The molecule has 2 aromatic rings. The molecule has 0 fully saturated rings. The molecule has 0 spiro atoms. The molecule has 0 saturated carbocycles. The second-order valence-electron chi connectivity index (χ2n) is 4.76. The smallest absolute Gasteiger partial charge is 0.133 e. The normalized spacial score (nSPS) is 13.2. The molecule has 17 heavy (non-hydrogen) atoms. The lowest BCUT2D eigenvalue weighted by atomic mass is 9.95. The van der Waals surface area contributed by atoms with E-state index in [0.717, 1.165) is 12.3 Å². The number of rotatable bonds is 4. The van der Waals surface area contributed by atoms with E-state index in [-0.39, 0.29) is 0 Å². The molecule has 0 saturated heterocycles. The van der Waals surface area contributed by atoms with Gasteiger partial charge in [-0.3, -0.25) is 0 Å². The summed E-state index contributed by atoms with van der Waals surface area (Å²) in [5.74, 6) is 1.38. The molecule has 0 bridgehead atoms. The van der Waals surface area contributed by atoms with E-state index in [1.165, 1.54) is 10.9 Å². The Hall–Kier alpha value is -1.42. The predicted octanol–water partition coefficient (Wildman–Crippen LogP) is 1.34. The summed E-state index contributed by atoms with van der Waals surface area (Å²) in [6, 6.07) is 8.36. The van der Waals surface area contributed by atoms with Gasteiger partial charge in [0.1, 0.15) is 13.6 Å². The van der Waals surface area contributed by atoms with E-state index in [4.69, 9.17) is 4.74 Å². The summed E-state index contributed by atoms with van der Waals surface area (Å²) in [7, 11) is 8.15. The number of aromatic nitrogens is 1. The Bertz CT molecular complexity index is 507. The third-order valence-corrected chi connectivity index (χ3v) is 3.03. The minimum Gasteiger partial charge on any atom is -0.497 e. The van der Waals surface area contributed by atoms with Gasteiger partial charge in [0, 0.05) is 29.6 Å². The van der Waals surface area contributed by atoms with Crippen LogP contribution in [0, 0.1) is 0 Å². The number of nitrogens with zero attached hydrogens (tertiary/aromatic N) is 2. The van der Waals surface area contributed by atoms with E-state index in [1.54, 1.807) is 7.11 Å². The summed E-state index contributed by atoms with van der Waals surface area (Å²) in [5.41, 5.74) is 1.26. The molecular weight excluding hydrogens is 211 g/mol. The van der Waals surface area contributed by atoms with Gasteiger partial charge in [0.15, 0.2) is 0 Å². The van der Waals surface area contributed by atoms with Crippen LogP contribution in [-0.4, -0.2) is 45.1 Å². The van der Waals surface area contributed by atoms with Crippen molar-refractivity contribution in [2.75, 3.05) is 27.7 Å². The molecule has 0 aliphatic carbocycles. The van der Waals surface area contributed by atoms with Gasteiger partial charge in [-0.1, -0.05) is 0 Å². The zero-order chi connectivity index (χ0) is 12.4. The van der Waals surface area contributed by atoms with Crippen molar-refractivity contribution in [3.05, 3.63) is 30.5 Å². The zero-order valence-corrected chi connectivity index (χ0v) is 11.0. The number of fused-ring (bicyclic) bond motifs is 1. The average molecular weight is 230 g/mol. The molecule has 1 aromatic carbocycles. The molecule has 4 heteroatoms. The quantitative estimate of drug-likeness (QED) is 0.737. The SMILES string of the molecule is BC(CN(C)C)n1ccc2cc(OC)ccc21. The molecule has 0 radical (unpaired) electrons. The molecule has 0 aliphatic rings. The largest absolute Gasteiger partial charge is 0.497 e. The van der Waals surface area contributed by atoms with Crippen molar-refractivity contribution in [3.63, 3.8) is 0 Å². The molecule has 0 aliphatic heterocycles. The maximum atomic E-state index is 5.24. The van der Waals surface area contributed by atoms with Crippen LogP contribution in [0.25, 0.3) is 10.9 Å². The molecule has 1 aromatic heterocycles. The minimum atomic E-state index is 0.468. The Labute approximate surface area is 103 Å². The summed E-state index contributed by atoms with van der Waals surface area (Å²) in [6.45, 7) is 1.04. The standard InChI is InChI=1S/C13H19BN2O/c1-15(2)9-13(14)16-7-6-10-8-11(17-3)4-5-12(10)16/h4-8,13H,9,14H2,1-3H3. The zero-order valence-electron chi connectivity index (χ0n) is 11.0. The first kappa shape index (κ1) is 12.1. The van der Waals surface area contributed by atoms with Crippen molar-refractivity contribution < 1.29 is 4.74 Å².